The Morgan fingerprint density at radius 3 is 2.00 bits per heavy atom. The zero-order valence-corrected chi connectivity index (χ0v) is 15.4. The van der Waals surface area contributed by atoms with Gasteiger partial charge in [-0.25, -0.2) is 0 Å². The number of benzene rings is 1. The van der Waals surface area contributed by atoms with E-state index in [0.29, 0.717) is 13.0 Å². The average Bonchev–Trinajstić information content (AvgIpc) is 2.61. The summed E-state index contributed by atoms with van der Waals surface area (Å²) in [5, 5.41) is 0. The molecule has 0 radical (unpaired) electrons. The van der Waals surface area contributed by atoms with Crippen molar-refractivity contribution in [3.63, 3.8) is 0 Å². The first-order valence-corrected chi connectivity index (χ1v) is 9.20. The molecule has 0 saturated carbocycles. The Kier molecular flexibility index (Phi) is 11.2. The fraction of sp³-hybridized carbons (Fsp3) is 0.600. The highest BCUT2D eigenvalue weighted by atomic mass is 16.6. The minimum absolute atomic E-state index is 0.274. The van der Waals surface area contributed by atoms with Gasteiger partial charge >= 0.3 is 11.9 Å². The first-order valence-electron chi connectivity index (χ1n) is 9.20. The van der Waals surface area contributed by atoms with Crippen LogP contribution in [0.5, 0.6) is 5.75 Å². The van der Waals surface area contributed by atoms with Gasteiger partial charge in [0, 0.05) is 0 Å². The lowest BCUT2D eigenvalue weighted by Crippen LogP contribution is -2.28. The molecule has 0 bridgehead atoms. The van der Waals surface area contributed by atoms with Crippen LogP contribution in [0.15, 0.2) is 30.3 Å². The predicted molar refractivity (Wildman–Crippen MR) is 96.4 cm³/mol. The fourth-order valence-corrected chi connectivity index (χ4v) is 2.51. The summed E-state index contributed by atoms with van der Waals surface area (Å²) in [4.78, 5) is 23.7. The molecule has 25 heavy (non-hydrogen) atoms. The second kappa shape index (κ2) is 13.3. The van der Waals surface area contributed by atoms with Crippen molar-refractivity contribution in [2.75, 3.05) is 19.8 Å². The van der Waals surface area contributed by atoms with Crippen LogP contribution in [0, 0.1) is 5.92 Å². The van der Waals surface area contributed by atoms with Gasteiger partial charge in [-0.3, -0.25) is 9.59 Å². The Morgan fingerprint density at radius 2 is 1.40 bits per heavy atom. The molecular weight excluding hydrogens is 320 g/mol. The lowest BCUT2D eigenvalue weighted by Gasteiger charge is -2.14. The molecule has 1 aromatic carbocycles. The molecule has 0 fully saturated rings. The predicted octanol–water partition coefficient (Wildman–Crippen LogP) is 4.15. The van der Waals surface area contributed by atoms with E-state index in [1.165, 1.54) is 0 Å². The topological polar surface area (TPSA) is 61.8 Å². The van der Waals surface area contributed by atoms with E-state index in [-0.39, 0.29) is 13.2 Å². The second-order valence-electron chi connectivity index (χ2n) is 5.77. The zero-order chi connectivity index (χ0) is 18.3. The minimum atomic E-state index is -0.790. The van der Waals surface area contributed by atoms with E-state index in [2.05, 4.69) is 0 Å². The van der Waals surface area contributed by atoms with Gasteiger partial charge in [0.15, 0.2) is 5.92 Å². The van der Waals surface area contributed by atoms with Gasteiger partial charge in [-0.2, -0.15) is 0 Å². The van der Waals surface area contributed by atoms with Crippen LogP contribution in [0.25, 0.3) is 0 Å². The van der Waals surface area contributed by atoms with Crippen molar-refractivity contribution in [2.45, 2.75) is 52.4 Å². The summed E-state index contributed by atoms with van der Waals surface area (Å²) in [6.45, 7) is 4.72. The van der Waals surface area contributed by atoms with E-state index < -0.39 is 17.9 Å². The number of hydrogen-bond acceptors (Lipinski definition) is 5. The summed E-state index contributed by atoms with van der Waals surface area (Å²) in [6.07, 6.45) is 5.38. The Balaban J connectivity index is 2.14. The Labute approximate surface area is 150 Å². The molecule has 5 nitrogen and oxygen atoms in total. The number of para-hydroxylation sites is 1. The zero-order valence-electron chi connectivity index (χ0n) is 15.4. The molecule has 0 heterocycles. The van der Waals surface area contributed by atoms with Gasteiger partial charge < -0.3 is 14.2 Å². The molecule has 0 aliphatic heterocycles. The smallest absolute Gasteiger partial charge is 0.320 e. The summed E-state index contributed by atoms with van der Waals surface area (Å²) in [5.74, 6) is -0.843. The van der Waals surface area contributed by atoms with Crippen LogP contribution >= 0.6 is 0 Å². The third kappa shape index (κ3) is 9.13. The molecule has 0 spiro atoms. The Hall–Kier alpha value is -2.04. The fourth-order valence-electron chi connectivity index (χ4n) is 2.51. The summed E-state index contributed by atoms with van der Waals surface area (Å²) in [6, 6.07) is 9.78. The average molecular weight is 350 g/mol. The van der Waals surface area contributed by atoms with Crippen LogP contribution in [-0.4, -0.2) is 31.8 Å². The minimum Gasteiger partial charge on any atom is -0.494 e. The maximum absolute atomic E-state index is 11.9. The number of carbonyl (C=O) groups is 2. The Bertz CT molecular complexity index is 468. The van der Waals surface area contributed by atoms with Gasteiger partial charge in [-0.05, 0) is 38.8 Å². The van der Waals surface area contributed by atoms with E-state index in [4.69, 9.17) is 14.2 Å². The van der Waals surface area contributed by atoms with Crippen molar-refractivity contribution in [3.05, 3.63) is 30.3 Å². The summed E-state index contributed by atoms with van der Waals surface area (Å²) < 4.78 is 15.6. The van der Waals surface area contributed by atoms with Crippen LogP contribution in [0.4, 0.5) is 0 Å². The van der Waals surface area contributed by atoms with Crippen LogP contribution in [-0.2, 0) is 19.1 Å². The maximum Gasteiger partial charge on any atom is 0.320 e. The number of carbonyl (C=O) groups excluding carboxylic acids is 2. The van der Waals surface area contributed by atoms with Crippen molar-refractivity contribution < 1.29 is 23.8 Å². The number of rotatable bonds is 13. The van der Waals surface area contributed by atoms with Gasteiger partial charge in [-0.15, -0.1) is 0 Å². The molecule has 0 atom stereocenters. The van der Waals surface area contributed by atoms with Gasteiger partial charge in [0.25, 0.3) is 0 Å². The molecule has 0 amide bonds. The molecule has 0 unspecified atom stereocenters. The van der Waals surface area contributed by atoms with E-state index in [9.17, 15) is 9.59 Å². The van der Waals surface area contributed by atoms with Crippen molar-refractivity contribution in [3.8, 4) is 5.75 Å². The first kappa shape index (κ1) is 21.0. The van der Waals surface area contributed by atoms with Crippen molar-refractivity contribution in [2.24, 2.45) is 5.92 Å². The number of ether oxygens (including phenoxy) is 3. The highest BCUT2D eigenvalue weighted by molar-refractivity contribution is 5.94. The highest BCUT2D eigenvalue weighted by Crippen LogP contribution is 2.16. The molecule has 0 N–H and O–H groups in total. The molecule has 0 aromatic heterocycles. The van der Waals surface area contributed by atoms with Crippen LogP contribution in [0.1, 0.15) is 52.4 Å². The van der Waals surface area contributed by atoms with Crippen molar-refractivity contribution in [1.29, 1.82) is 0 Å². The summed E-state index contributed by atoms with van der Waals surface area (Å²) in [7, 11) is 0. The van der Waals surface area contributed by atoms with Crippen LogP contribution in [0.2, 0.25) is 0 Å². The van der Waals surface area contributed by atoms with E-state index in [1.54, 1.807) is 13.8 Å². The standard InChI is InChI=1S/C20H30O5/c1-3-23-19(21)18(20(22)24-4-2)15-11-6-5-7-12-16-25-17-13-9-8-10-14-17/h8-10,13-14,18H,3-7,11-12,15-16H2,1-2H3. The maximum atomic E-state index is 11.9. The van der Waals surface area contributed by atoms with Gasteiger partial charge in [0.1, 0.15) is 5.75 Å². The third-order valence-electron chi connectivity index (χ3n) is 3.79. The molecule has 140 valence electrons. The molecule has 1 aromatic rings. The van der Waals surface area contributed by atoms with Crippen LogP contribution < -0.4 is 4.74 Å². The number of esters is 2. The first-order chi connectivity index (χ1) is 12.2. The van der Waals surface area contributed by atoms with Gasteiger partial charge in [-0.1, -0.05) is 43.9 Å². The molecule has 5 heteroatoms. The van der Waals surface area contributed by atoms with E-state index in [1.807, 2.05) is 30.3 Å². The molecule has 0 aliphatic carbocycles. The number of unbranched alkanes of at least 4 members (excludes halogenated alkanes) is 4. The molecule has 0 aliphatic rings. The van der Waals surface area contributed by atoms with E-state index in [0.717, 1.165) is 37.9 Å². The largest absolute Gasteiger partial charge is 0.494 e. The van der Waals surface area contributed by atoms with Crippen molar-refractivity contribution in [1.82, 2.24) is 0 Å². The van der Waals surface area contributed by atoms with Gasteiger partial charge in [0.2, 0.25) is 0 Å². The Morgan fingerprint density at radius 1 is 0.840 bits per heavy atom. The van der Waals surface area contributed by atoms with Crippen LogP contribution in [0.3, 0.4) is 0 Å². The SMILES string of the molecule is CCOC(=O)C(CCCCCCCOc1ccccc1)C(=O)OCC. The third-order valence-corrected chi connectivity index (χ3v) is 3.79. The van der Waals surface area contributed by atoms with Crippen molar-refractivity contribution >= 4 is 11.9 Å². The second-order valence-corrected chi connectivity index (χ2v) is 5.77. The monoisotopic (exact) mass is 350 g/mol. The number of hydrogen-bond donors (Lipinski definition) is 0. The summed E-state index contributed by atoms with van der Waals surface area (Å²) >= 11 is 0. The molecule has 0 saturated heterocycles. The summed E-state index contributed by atoms with van der Waals surface area (Å²) in [5.41, 5.74) is 0. The molecule has 1 rings (SSSR count). The highest BCUT2D eigenvalue weighted by Gasteiger charge is 2.28. The lowest BCUT2D eigenvalue weighted by atomic mass is 10.0. The quantitative estimate of drug-likeness (QED) is 0.304. The normalized spacial score (nSPS) is 10.5. The molecular formula is C20H30O5. The lowest BCUT2D eigenvalue weighted by molar-refractivity contribution is -0.161. The van der Waals surface area contributed by atoms with E-state index >= 15 is 0 Å². The van der Waals surface area contributed by atoms with Gasteiger partial charge in [0.05, 0.1) is 19.8 Å².